The van der Waals surface area contributed by atoms with Crippen molar-refractivity contribution >= 4 is 11.8 Å². The Kier molecular flexibility index (Phi) is 4.76. The molecule has 3 aliphatic rings. The SMILES string of the molecule is NC(CCC1CCCC1)C1CCOC2(CCSC2)C1. The average Bonchev–Trinajstić information content (AvgIpc) is 3.08. The van der Waals surface area contributed by atoms with Crippen LogP contribution in [0.2, 0.25) is 0 Å². The monoisotopic (exact) mass is 283 g/mol. The van der Waals surface area contributed by atoms with Crippen molar-refractivity contribution in [2.24, 2.45) is 17.6 Å². The van der Waals surface area contributed by atoms with E-state index in [-0.39, 0.29) is 5.60 Å². The van der Waals surface area contributed by atoms with Gasteiger partial charge in [-0.25, -0.2) is 0 Å². The Hall–Kier alpha value is 0.270. The predicted molar refractivity (Wildman–Crippen MR) is 82.5 cm³/mol. The second-order valence-corrected chi connectivity index (χ2v) is 8.08. The summed E-state index contributed by atoms with van der Waals surface area (Å²) in [6.07, 6.45) is 12.1. The summed E-state index contributed by atoms with van der Waals surface area (Å²) in [5.74, 6) is 4.19. The van der Waals surface area contributed by atoms with Crippen molar-refractivity contribution in [1.29, 1.82) is 0 Å². The Morgan fingerprint density at radius 3 is 2.84 bits per heavy atom. The molecule has 0 aromatic carbocycles. The maximum Gasteiger partial charge on any atom is 0.0783 e. The zero-order valence-electron chi connectivity index (χ0n) is 12.1. The van der Waals surface area contributed by atoms with Gasteiger partial charge in [0.05, 0.1) is 5.60 Å². The number of hydrogen-bond acceptors (Lipinski definition) is 3. The van der Waals surface area contributed by atoms with Gasteiger partial charge in [-0.2, -0.15) is 11.8 Å². The minimum absolute atomic E-state index is 0.207. The molecule has 3 rings (SSSR count). The van der Waals surface area contributed by atoms with Gasteiger partial charge in [0.2, 0.25) is 0 Å². The van der Waals surface area contributed by atoms with Crippen LogP contribution in [0.25, 0.3) is 0 Å². The van der Waals surface area contributed by atoms with Crippen LogP contribution in [0.15, 0.2) is 0 Å². The van der Waals surface area contributed by atoms with Crippen molar-refractivity contribution in [2.75, 3.05) is 18.1 Å². The molecule has 2 saturated heterocycles. The van der Waals surface area contributed by atoms with Crippen molar-refractivity contribution in [2.45, 2.75) is 69.4 Å². The molecule has 0 bridgehead atoms. The van der Waals surface area contributed by atoms with E-state index in [0.29, 0.717) is 12.0 Å². The first-order chi connectivity index (χ1) is 9.27. The molecule has 110 valence electrons. The number of ether oxygens (including phenoxy) is 1. The quantitative estimate of drug-likeness (QED) is 0.856. The molecule has 1 aliphatic carbocycles. The van der Waals surface area contributed by atoms with Gasteiger partial charge in [0.1, 0.15) is 0 Å². The molecule has 0 aromatic rings. The predicted octanol–water partition coefficient (Wildman–Crippen LogP) is 3.59. The van der Waals surface area contributed by atoms with Crippen LogP contribution in [0.3, 0.4) is 0 Å². The molecule has 2 nitrogen and oxygen atoms in total. The summed E-state index contributed by atoms with van der Waals surface area (Å²) in [5.41, 5.74) is 6.72. The van der Waals surface area contributed by atoms with Crippen LogP contribution in [0.4, 0.5) is 0 Å². The third kappa shape index (κ3) is 3.48. The smallest absolute Gasteiger partial charge is 0.0783 e. The van der Waals surface area contributed by atoms with E-state index in [1.165, 1.54) is 69.3 Å². The van der Waals surface area contributed by atoms with Gasteiger partial charge < -0.3 is 10.5 Å². The van der Waals surface area contributed by atoms with Gasteiger partial charge in [-0.1, -0.05) is 25.7 Å². The highest BCUT2D eigenvalue weighted by Crippen LogP contribution is 2.41. The molecule has 2 N–H and O–H groups in total. The first-order valence-corrected chi connectivity index (χ1v) is 9.40. The summed E-state index contributed by atoms with van der Waals surface area (Å²) in [5, 5.41) is 0. The Bertz CT molecular complexity index is 284. The Labute approximate surface area is 122 Å². The largest absolute Gasteiger partial charge is 0.374 e. The second kappa shape index (κ2) is 6.36. The van der Waals surface area contributed by atoms with Crippen LogP contribution in [0.1, 0.15) is 57.8 Å². The molecule has 1 saturated carbocycles. The minimum atomic E-state index is 0.207. The molecule has 0 amide bonds. The third-order valence-electron chi connectivity index (χ3n) is 5.59. The van der Waals surface area contributed by atoms with Crippen LogP contribution in [0, 0.1) is 11.8 Å². The van der Waals surface area contributed by atoms with Gasteiger partial charge in [-0.15, -0.1) is 0 Å². The molecule has 0 aromatic heterocycles. The van der Waals surface area contributed by atoms with Gasteiger partial charge in [0, 0.05) is 18.4 Å². The molecule has 3 unspecified atom stereocenters. The van der Waals surface area contributed by atoms with Crippen molar-refractivity contribution in [3.05, 3.63) is 0 Å². The average molecular weight is 283 g/mol. The summed E-state index contributed by atoms with van der Waals surface area (Å²) in [6, 6.07) is 0.423. The van der Waals surface area contributed by atoms with Gasteiger partial charge in [-0.3, -0.25) is 0 Å². The summed E-state index contributed by atoms with van der Waals surface area (Å²) < 4.78 is 6.11. The lowest BCUT2D eigenvalue weighted by molar-refractivity contribution is -0.0837. The summed E-state index contributed by atoms with van der Waals surface area (Å²) in [7, 11) is 0. The Morgan fingerprint density at radius 2 is 2.11 bits per heavy atom. The summed E-state index contributed by atoms with van der Waals surface area (Å²) in [6.45, 7) is 0.947. The van der Waals surface area contributed by atoms with Crippen molar-refractivity contribution in [3.8, 4) is 0 Å². The Balaban J connectivity index is 1.47. The standard InChI is InChI=1S/C16H29NOS/c17-15(6-5-13-3-1-2-4-13)14-7-9-18-16(11-14)8-10-19-12-16/h13-15H,1-12,17H2. The Morgan fingerprint density at radius 1 is 1.26 bits per heavy atom. The molecular formula is C16H29NOS. The van der Waals surface area contributed by atoms with E-state index in [1.54, 1.807) is 0 Å². The van der Waals surface area contributed by atoms with Gasteiger partial charge in [0.25, 0.3) is 0 Å². The fraction of sp³-hybridized carbons (Fsp3) is 1.00. The van der Waals surface area contributed by atoms with E-state index in [0.717, 1.165) is 12.5 Å². The van der Waals surface area contributed by atoms with Crippen LogP contribution in [0.5, 0.6) is 0 Å². The van der Waals surface area contributed by atoms with Crippen molar-refractivity contribution in [3.63, 3.8) is 0 Å². The fourth-order valence-electron chi connectivity index (χ4n) is 4.26. The molecule has 2 aliphatic heterocycles. The number of rotatable bonds is 4. The number of nitrogens with two attached hydrogens (primary N) is 1. The normalized spacial score (nSPS) is 38.1. The maximum atomic E-state index is 6.52. The van der Waals surface area contributed by atoms with E-state index >= 15 is 0 Å². The molecular weight excluding hydrogens is 254 g/mol. The topological polar surface area (TPSA) is 35.2 Å². The molecule has 1 spiro atoms. The van der Waals surface area contributed by atoms with E-state index in [1.807, 2.05) is 0 Å². The molecule has 3 fully saturated rings. The van der Waals surface area contributed by atoms with E-state index in [2.05, 4.69) is 11.8 Å². The minimum Gasteiger partial charge on any atom is -0.374 e. The zero-order valence-corrected chi connectivity index (χ0v) is 12.9. The summed E-state index contributed by atoms with van der Waals surface area (Å²) >= 11 is 2.06. The van der Waals surface area contributed by atoms with Crippen LogP contribution in [-0.4, -0.2) is 29.8 Å². The first kappa shape index (κ1) is 14.2. The second-order valence-electron chi connectivity index (χ2n) is 6.98. The maximum absolute atomic E-state index is 6.52. The van der Waals surface area contributed by atoms with Crippen LogP contribution in [-0.2, 0) is 4.74 Å². The molecule has 3 heteroatoms. The van der Waals surface area contributed by atoms with E-state index in [9.17, 15) is 0 Å². The summed E-state index contributed by atoms with van der Waals surface area (Å²) in [4.78, 5) is 0. The third-order valence-corrected chi connectivity index (χ3v) is 6.81. The lowest BCUT2D eigenvalue weighted by Crippen LogP contribution is -2.45. The molecule has 19 heavy (non-hydrogen) atoms. The lowest BCUT2D eigenvalue weighted by Gasteiger charge is -2.40. The molecule has 0 radical (unpaired) electrons. The number of thioether (sulfide) groups is 1. The highest BCUT2D eigenvalue weighted by molar-refractivity contribution is 7.99. The van der Waals surface area contributed by atoms with E-state index < -0.39 is 0 Å². The van der Waals surface area contributed by atoms with Gasteiger partial charge in [-0.05, 0) is 49.7 Å². The highest BCUT2D eigenvalue weighted by Gasteiger charge is 2.41. The van der Waals surface area contributed by atoms with Crippen molar-refractivity contribution in [1.82, 2.24) is 0 Å². The molecule has 3 atom stereocenters. The lowest BCUT2D eigenvalue weighted by atomic mass is 9.79. The van der Waals surface area contributed by atoms with Crippen molar-refractivity contribution < 1.29 is 4.74 Å². The number of hydrogen-bond donors (Lipinski definition) is 1. The van der Waals surface area contributed by atoms with Gasteiger partial charge in [0.15, 0.2) is 0 Å². The fourth-order valence-corrected chi connectivity index (χ4v) is 5.64. The van der Waals surface area contributed by atoms with Gasteiger partial charge >= 0.3 is 0 Å². The van der Waals surface area contributed by atoms with Crippen LogP contribution < -0.4 is 5.73 Å². The first-order valence-electron chi connectivity index (χ1n) is 8.25. The van der Waals surface area contributed by atoms with E-state index in [4.69, 9.17) is 10.5 Å². The van der Waals surface area contributed by atoms with Crippen LogP contribution >= 0.6 is 11.8 Å². The highest BCUT2D eigenvalue weighted by atomic mass is 32.2. The molecule has 2 heterocycles. The zero-order chi connectivity index (χ0) is 13.1.